The molecular weight excluding hydrogens is 299 g/mol. The van der Waals surface area contributed by atoms with Gasteiger partial charge in [0, 0.05) is 25.3 Å². The molecule has 1 N–H and O–H groups in total. The van der Waals surface area contributed by atoms with Gasteiger partial charge in [0.15, 0.2) is 0 Å². The second-order valence-electron chi connectivity index (χ2n) is 5.50. The van der Waals surface area contributed by atoms with Crippen molar-refractivity contribution in [1.82, 2.24) is 15.3 Å². The van der Waals surface area contributed by atoms with Crippen molar-refractivity contribution < 1.29 is 22.7 Å². The molecule has 1 aromatic heterocycles. The minimum atomic E-state index is -4.50. The Balaban J connectivity index is 1.94. The van der Waals surface area contributed by atoms with Crippen molar-refractivity contribution in [2.24, 2.45) is 0 Å². The van der Waals surface area contributed by atoms with Crippen molar-refractivity contribution in [3.05, 3.63) is 23.3 Å². The first-order chi connectivity index (χ1) is 10.2. The molecule has 22 heavy (non-hydrogen) atoms. The van der Waals surface area contributed by atoms with Crippen molar-refractivity contribution in [2.75, 3.05) is 13.2 Å². The molecule has 1 atom stereocenters. The van der Waals surface area contributed by atoms with Crippen molar-refractivity contribution in [1.29, 1.82) is 0 Å². The van der Waals surface area contributed by atoms with Crippen LogP contribution in [-0.2, 0) is 22.1 Å². The molecule has 0 bridgehead atoms. The van der Waals surface area contributed by atoms with Crippen LogP contribution in [0.2, 0.25) is 0 Å². The summed E-state index contributed by atoms with van der Waals surface area (Å²) >= 11 is 0. The number of nitrogens with zero attached hydrogens (tertiary/aromatic N) is 2. The number of hydrogen-bond acceptors (Lipinski definition) is 4. The summed E-state index contributed by atoms with van der Waals surface area (Å²) < 4.78 is 43.4. The molecule has 1 saturated heterocycles. The summed E-state index contributed by atoms with van der Waals surface area (Å²) in [7, 11) is 0. The number of ether oxygens (including phenoxy) is 1. The van der Waals surface area contributed by atoms with Gasteiger partial charge in [-0.2, -0.15) is 13.2 Å². The minimum Gasteiger partial charge on any atom is -0.365 e. The largest absolute Gasteiger partial charge is 0.433 e. The fourth-order valence-corrected chi connectivity index (χ4v) is 2.32. The van der Waals surface area contributed by atoms with Crippen LogP contribution < -0.4 is 5.32 Å². The van der Waals surface area contributed by atoms with Gasteiger partial charge >= 0.3 is 6.18 Å². The van der Waals surface area contributed by atoms with E-state index in [1.54, 1.807) is 6.92 Å². The van der Waals surface area contributed by atoms with Gasteiger partial charge in [0.1, 0.15) is 17.1 Å². The number of halogens is 3. The summed E-state index contributed by atoms with van der Waals surface area (Å²) in [5.41, 5.74) is -1.56. The number of carbonyl (C=O) groups excluding carboxylic acids is 1. The summed E-state index contributed by atoms with van der Waals surface area (Å²) in [5, 5.41) is 2.67. The van der Waals surface area contributed by atoms with Crippen LogP contribution in [0.25, 0.3) is 0 Å². The van der Waals surface area contributed by atoms with E-state index in [9.17, 15) is 18.0 Å². The molecule has 0 unspecified atom stereocenters. The van der Waals surface area contributed by atoms with Crippen LogP contribution in [0.3, 0.4) is 0 Å². The number of rotatable bonds is 4. The van der Waals surface area contributed by atoms with Gasteiger partial charge in [-0.25, -0.2) is 9.97 Å². The average Bonchev–Trinajstić information content (AvgIpc) is 2.85. The predicted octanol–water partition coefficient (Wildman–Crippen LogP) is 2.03. The number of alkyl halides is 3. The highest BCUT2D eigenvalue weighted by atomic mass is 19.4. The molecular formula is C14H18F3N3O2. The molecule has 0 radical (unpaired) electrons. The normalized spacial score (nSPS) is 21.9. The van der Waals surface area contributed by atoms with Crippen LogP contribution in [0.1, 0.15) is 37.0 Å². The zero-order valence-corrected chi connectivity index (χ0v) is 12.5. The molecule has 0 aliphatic carbocycles. The predicted molar refractivity (Wildman–Crippen MR) is 72.1 cm³/mol. The first-order valence-electron chi connectivity index (χ1n) is 7.05. The Bertz CT molecular complexity index is 555. The van der Waals surface area contributed by atoms with E-state index >= 15 is 0 Å². The number of carbonyl (C=O) groups is 1. The number of amides is 1. The van der Waals surface area contributed by atoms with Crippen molar-refractivity contribution in [3.8, 4) is 0 Å². The molecule has 1 fully saturated rings. The Kier molecular flexibility index (Phi) is 4.69. The Morgan fingerprint density at radius 2 is 2.18 bits per heavy atom. The van der Waals surface area contributed by atoms with E-state index in [0.29, 0.717) is 13.0 Å². The summed E-state index contributed by atoms with van der Waals surface area (Å²) in [4.78, 5) is 19.5. The fraction of sp³-hybridized carbons (Fsp3) is 0.643. The van der Waals surface area contributed by atoms with Crippen LogP contribution in [0, 0.1) is 6.92 Å². The van der Waals surface area contributed by atoms with Crippen LogP contribution in [0.4, 0.5) is 13.2 Å². The fourth-order valence-electron chi connectivity index (χ4n) is 2.32. The maximum Gasteiger partial charge on any atom is 0.433 e. The maximum atomic E-state index is 12.7. The molecule has 1 aliphatic heterocycles. The van der Waals surface area contributed by atoms with E-state index in [2.05, 4.69) is 15.3 Å². The lowest BCUT2D eigenvalue weighted by Gasteiger charge is -2.21. The van der Waals surface area contributed by atoms with Crippen LogP contribution in [0.15, 0.2) is 6.07 Å². The summed E-state index contributed by atoms with van der Waals surface area (Å²) in [5.74, 6) is -0.196. The molecule has 8 heteroatoms. The number of aryl methyl sites for hydroxylation is 1. The second kappa shape index (κ2) is 6.20. The van der Waals surface area contributed by atoms with Crippen LogP contribution in [-0.4, -0.2) is 34.6 Å². The van der Waals surface area contributed by atoms with E-state index < -0.39 is 17.5 Å². The molecule has 1 aliphatic rings. The second-order valence-corrected chi connectivity index (χ2v) is 5.50. The number of hydrogen-bond donors (Lipinski definition) is 1. The third kappa shape index (κ3) is 3.94. The van der Waals surface area contributed by atoms with Gasteiger partial charge in [0.25, 0.3) is 5.91 Å². The van der Waals surface area contributed by atoms with E-state index in [0.717, 1.165) is 12.5 Å². The van der Waals surface area contributed by atoms with Gasteiger partial charge in [-0.05, 0) is 32.8 Å². The Morgan fingerprint density at radius 3 is 2.77 bits per heavy atom. The van der Waals surface area contributed by atoms with Crippen molar-refractivity contribution >= 4 is 5.91 Å². The van der Waals surface area contributed by atoms with Crippen molar-refractivity contribution in [3.63, 3.8) is 0 Å². The van der Waals surface area contributed by atoms with Gasteiger partial charge in [-0.15, -0.1) is 0 Å². The average molecular weight is 317 g/mol. The molecule has 122 valence electrons. The molecule has 0 spiro atoms. The van der Waals surface area contributed by atoms with Gasteiger partial charge in [0.05, 0.1) is 0 Å². The third-order valence-electron chi connectivity index (χ3n) is 3.52. The van der Waals surface area contributed by atoms with E-state index in [1.807, 2.05) is 0 Å². The molecule has 2 rings (SSSR count). The first-order valence-corrected chi connectivity index (χ1v) is 7.05. The van der Waals surface area contributed by atoms with E-state index in [4.69, 9.17) is 4.74 Å². The Labute approximate surface area is 126 Å². The highest BCUT2D eigenvalue weighted by Gasteiger charge is 2.37. The molecule has 2 heterocycles. The van der Waals surface area contributed by atoms with Crippen LogP contribution >= 0.6 is 0 Å². The monoisotopic (exact) mass is 317 g/mol. The molecule has 0 aromatic carbocycles. The zero-order chi connectivity index (χ0) is 16.4. The van der Waals surface area contributed by atoms with Gasteiger partial charge in [0.2, 0.25) is 0 Å². The van der Waals surface area contributed by atoms with Gasteiger partial charge < -0.3 is 10.1 Å². The quantitative estimate of drug-likeness (QED) is 0.923. The van der Waals surface area contributed by atoms with Crippen molar-refractivity contribution in [2.45, 2.75) is 44.9 Å². The zero-order valence-electron chi connectivity index (χ0n) is 12.5. The lowest BCUT2D eigenvalue weighted by Crippen LogP contribution is -2.44. The summed E-state index contributed by atoms with van der Waals surface area (Å²) in [6.07, 6.45) is -2.92. The first kappa shape index (κ1) is 16.7. The maximum absolute atomic E-state index is 12.7. The van der Waals surface area contributed by atoms with Gasteiger partial charge in [-0.3, -0.25) is 4.79 Å². The highest BCUT2D eigenvalue weighted by molar-refractivity contribution is 5.84. The summed E-state index contributed by atoms with van der Waals surface area (Å²) in [6, 6.07) is 0.898. The SMILES string of the molecule is Cc1cc(C(F)(F)F)nc(CCNC(=O)[C@]2(C)CCCO2)n1. The number of nitrogens with one attached hydrogen (secondary N) is 1. The van der Waals surface area contributed by atoms with Gasteiger partial charge in [-0.1, -0.05) is 0 Å². The number of aromatic nitrogens is 2. The van der Waals surface area contributed by atoms with E-state index in [-0.39, 0.29) is 30.4 Å². The smallest absolute Gasteiger partial charge is 0.365 e. The van der Waals surface area contributed by atoms with E-state index in [1.165, 1.54) is 6.92 Å². The highest BCUT2D eigenvalue weighted by Crippen LogP contribution is 2.28. The molecule has 1 amide bonds. The minimum absolute atomic E-state index is 0.0603. The third-order valence-corrected chi connectivity index (χ3v) is 3.52. The molecule has 0 saturated carbocycles. The van der Waals surface area contributed by atoms with Crippen LogP contribution in [0.5, 0.6) is 0 Å². The lowest BCUT2D eigenvalue weighted by molar-refractivity contribution is -0.141. The molecule has 5 nitrogen and oxygen atoms in total. The molecule has 1 aromatic rings. The Morgan fingerprint density at radius 1 is 1.45 bits per heavy atom. The summed E-state index contributed by atoms with van der Waals surface area (Å²) in [6.45, 7) is 3.89. The lowest BCUT2D eigenvalue weighted by atomic mass is 10.0. The Hall–Kier alpha value is -1.70. The topological polar surface area (TPSA) is 64.1 Å². The standard InChI is InChI=1S/C14H18F3N3O2/c1-9-8-10(14(15,16)17)20-11(19-9)4-6-18-12(21)13(2)5-3-7-22-13/h8H,3-7H2,1-2H3,(H,18,21)/t13-/m0/s1.